The summed E-state index contributed by atoms with van der Waals surface area (Å²) in [6.07, 6.45) is 3.20. The molecule has 0 radical (unpaired) electrons. The van der Waals surface area contributed by atoms with E-state index in [0.29, 0.717) is 22.9 Å². The molecule has 21 heavy (non-hydrogen) atoms. The Morgan fingerprint density at radius 2 is 1.67 bits per heavy atom. The second-order valence-electron chi connectivity index (χ2n) is 6.34. The molecule has 106 valence electrons. The number of para-hydroxylation sites is 1. The minimum atomic E-state index is -0.126. The summed E-state index contributed by atoms with van der Waals surface area (Å²) < 4.78 is 0. The van der Waals surface area contributed by atoms with E-state index in [1.54, 1.807) is 0 Å². The van der Waals surface area contributed by atoms with Crippen LogP contribution in [-0.2, 0) is 9.59 Å². The van der Waals surface area contributed by atoms with Crippen molar-refractivity contribution in [2.75, 3.05) is 5.01 Å². The lowest BCUT2D eigenvalue weighted by molar-refractivity contribution is -0.125. The number of carbonyl (C=O) groups excluding carboxylic acids is 2. The van der Waals surface area contributed by atoms with Gasteiger partial charge in [-0.25, -0.2) is 0 Å². The zero-order chi connectivity index (χ0) is 14.1. The molecule has 2 bridgehead atoms. The van der Waals surface area contributed by atoms with E-state index in [2.05, 4.69) is 10.3 Å². The minimum Gasteiger partial charge on any atom is -0.272 e. The quantitative estimate of drug-likeness (QED) is 0.734. The molecule has 2 saturated carbocycles. The summed E-state index contributed by atoms with van der Waals surface area (Å²) in [5, 5.41) is 9.30. The lowest BCUT2D eigenvalue weighted by Gasteiger charge is -2.18. The van der Waals surface area contributed by atoms with E-state index in [1.807, 2.05) is 24.3 Å². The Morgan fingerprint density at radius 3 is 2.38 bits per heavy atom. The number of rotatable bonds is 1. The number of hydrogen-bond acceptors (Lipinski definition) is 4. The Morgan fingerprint density at radius 1 is 1.00 bits per heavy atom. The van der Waals surface area contributed by atoms with E-state index in [9.17, 15) is 9.59 Å². The number of aromatic nitrogens is 3. The largest absolute Gasteiger partial charge is 0.272 e. The lowest BCUT2D eigenvalue weighted by Crippen LogP contribution is -2.42. The van der Waals surface area contributed by atoms with Crippen LogP contribution < -0.4 is 5.01 Å². The maximum absolute atomic E-state index is 12.7. The monoisotopic (exact) mass is 282 g/mol. The van der Waals surface area contributed by atoms with E-state index >= 15 is 0 Å². The van der Waals surface area contributed by atoms with Crippen molar-refractivity contribution in [2.24, 2.45) is 23.7 Å². The first-order valence-electron chi connectivity index (χ1n) is 7.44. The van der Waals surface area contributed by atoms with E-state index in [0.717, 1.165) is 19.3 Å². The third kappa shape index (κ3) is 1.28. The fourth-order valence-corrected chi connectivity index (χ4v) is 4.58. The summed E-state index contributed by atoms with van der Waals surface area (Å²) in [5.41, 5.74) is 1.39. The van der Waals surface area contributed by atoms with Gasteiger partial charge in [-0.3, -0.25) is 9.59 Å². The molecule has 6 nitrogen and oxygen atoms in total. The van der Waals surface area contributed by atoms with Gasteiger partial charge in [-0.15, -0.1) is 9.89 Å². The predicted octanol–water partition coefficient (Wildman–Crippen LogP) is 1.10. The summed E-state index contributed by atoms with van der Waals surface area (Å²) >= 11 is 0. The van der Waals surface area contributed by atoms with Crippen LogP contribution in [0.15, 0.2) is 24.3 Å². The number of nitrogens with zero attached hydrogens (tertiary/aromatic N) is 4. The zero-order valence-electron chi connectivity index (χ0n) is 11.3. The van der Waals surface area contributed by atoms with Gasteiger partial charge in [-0.05, 0) is 48.4 Å². The molecular weight excluding hydrogens is 268 g/mol. The molecule has 2 amide bonds. The van der Waals surface area contributed by atoms with Crippen LogP contribution in [0.25, 0.3) is 11.0 Å². The van der Waals surface area contributed by atoms with Crippen LogP contribution in [0, 0.1) is 23.7 Å². The van der Waals surface area contributed by atoms with Crippen molar-refractivity contribution in [1.82, 2.24) is 15.1 Å². The smallest absolute Gasteiger partial charge is 0.254 e. The van der Waals surface area contributed by atoms with Crippen molar-refractivity contribution in [3.8, 4) is 0 Å². The average Bonchev–Trinajstić information content (AvgIpc) is 3.23. The number of hydrogen-bond donors (Lipinski definition) is 0. The Balaban J connectivity index is 1.64. The van der Waals surface area contributed by atoms with Crippen LogP contribution in [-0.4, -0.2) is 26.9 Å². The van der Waals surface area contributed by atoms with Crippen molar-refractivity contribution in [3.05, 3.63) is 24.3 Å². The van der Waals surface area contributed by atoms with Crippen molar-refractivity contribution in [1.29, 1.82) is 0 Å². The van der Waals surface area contributed by atoms with Crippen molar-refractivity contribution in [3.63, 3.8) is 0 Å². The molecule has 1 aromatic heterocycles. The van der Waals surface area contributed by atoms with Crippen molar-refractivity contribution >= 4 is 22.8 Å². The van der Waals surface area contributed by atoms with Gasteiger partial charge in [-0.2, -0.15) is 5.01 Å². The molecular formula is C15H14N4O2. The Bertz CT molecular complexity index is 755. The molecule has 2 heterocycles. The number of imide groups is 1. The van der Waals surface area contributed by atoms with Crippen LogP contribution in [0.4, 0.5) is 0 Å². The molecule has 1 aliphatic heterocycles. The molecule has 3 fully saturated rings. The van der Waals surface area contributed by atoms with Crippen LogP contribution in [0.3, 0.4) is 0 Å². The normalized spacial score (nSPS) is 34.2. The third-order valence-corrected chi connectivity index (χ3v) is 5.43. The first-order chi connectivity index (χ1) is 10.3. The van der Waals surface area contributed by atoms with Gasteiger partial charge in [0.2, 0.25) is 0 Å². The highest BCUT2D eigenvalue weighted by Gasteiger charge is 2.61. The maximum atomic E-state index is 12.7. The summed E-state index contributed by atoms with van der Waals surface area (Å²) in [7, 11) is 0. The molecule has 4 atom stereocenters. The second-order valence-corrected chi connectivity index (χ2v) is 6.34. The van der Waals surface area contributed by atoms with Gasteiger partial charge in [0.1, 0.15) is 11.0 Å². The molecule has 1 saturated heterocycles. The highest BCUT2D eigenvalue weighted by molar-refractivity contribution is 6.17. The SMILES string of the molecule is O=C1C2C3CCC(C3)C2C(=O)N1n1nnc2ccccc21. The predicted molar refractivity (Wildman–Crippen MR) is 73.6 cm³/mol. The van der Waals surface area contributed by atoms with Crippen LogP contribution in [0.2, 0.25) is 0 Å². The van der Waals surface area contributed by atoms with Crippen LogP contribution in [0.1, 0.15) is 19.3 Å². The second kappa shape index (κ2) is 3.69. The molecule has 2 aromatic rings. The fraction of sp³-hybridized carbons (Fsp3) is 0.467. The Hall–Kier alpha value is -2.24. The summed E-state index contributed by atoms with van der Waals surface area (Å²) in [6.45, 7) is 0. The first-order valence-corrected chi connectivity index (χ1v) is 7.44. The number of carbonyl (C=O) groups is 2. The first kappa shape index (κ1) is 11.4. The van der Waals surface area contributed by atoms with Crippen LogP contribution >= 0.6 is 0 Å². The summed E-state index contributed by atoms with van der Waals surface area (Å²) in [4.78, 5) is 26.9. The van der Waals surface area contributed by atoms with Gasteiger partial charge in [0.25, 0.3) is 11.8 Å². The number of benzene rings is 1. The number of fused-ring (bicyclic) bond motifs is 6. The third-order valence-electron chi connectivity index (χ3n) is 5.43. The van der Waals surface area contributed by atoms with Crippen molar-refractivity contribution < 1.29 is 9.59 Å². The van der Waals surface area contributed by atoms with Gasteiger partial charge < -0.3 is 0 Å². The highest BCUT2D eigenvalue weighted by Crippen LogP contribution is 2.55. The molecule has 0 spiro atoms. The van der Waals surface area contributed by atoms with E-state index < -0.39 is 0 Å². The Kier molecular flexibility index (Phi) is 2.01. The molecule has 1 aromatic carbocycles. The topological polar surface area (TPSA) is 68.1 Å². The van der Waals surface area contributed by atoms with E-state index in [-0.39, 0.29) is 23.7 Å². The average molecular weight is 282 g/mol. The van der Waals surface area contributed by atoms with Gasteiger partial charge in [-0.1, -0.05) is 12.1 Å². The van der Waals surface area contributed by atoms with E-state index in [1.165, 1.54) is 9.80 Å². The van der Waals surface area contributed by atoms with Gasteiger partial charge in [0.05, 0.1) is 11.8 Å². The highest BCUT2D eigenvalue weighted by atomic mass is 16.2. The fourth-order valence-electron chi connectivity index (χ4n) is 4.58. The summed E-state index contributed by atoms with van der Waals surface area (Å²) in [6, 6.07) is 7.38. The van der Waals surface area contributed by atoms with Gasteiger partial charge in [0.15, 0.2) is 0 Å². The Labute approximate surface area is 120 Å². The molecule has 6 heteroatoms. The lowest BCUT2D eigenvalue weighted by atomic mass is 9.81. The van der Waals surface area contributed by atoms with Gasteiger partial charge >= 0.3 is 0 Å². The van der Waals surface area contributed by atoms with E-state index in [4.69, 9.17) is 0 Å². The standard InChI is InChI=1S/C15H14N4O2/c20-14-12-8-5-6-9(7-8)13(12)15(21)18(14)19-11-4-2-1-3-10(11)16-17-19/h1-4,8-9,12-13H,5-7H2. The molecule has 3 aliphatic rings. The zero-order valence-corrected chi connectivity index (χ0v) is 11.3. The molecule has 2 aliphatic carbocycles. The minimum absolute atomic E-state index is 0.0900. The van der Waals surface area contributed by atoms with Crippen LogP contribution in [0.5, 0.6) is 0 Å². The molecule has 0 N–H and O–H groups in total. The molecule has 4 unspecified atom stereocenters. The summed E-state index contributed by atoms with van der Waals surface area (Å²) in [5.74, 6) is 0.339. The van der Waals surface area contributed by atoms with Gasteiger partial charge in [0, 0.05) is 0 Å². The van der Waals surface area contributed by atoms with Crippen molar-refractivity contribution in [2.45, 2.75) is 19.3 Å². The number of amides is 2. The maximum Gasteiger partial charge on any atom is 0.254 e. The molecule has 5 rings (SSSR count).